The van der Waals surface area contributed by atoms with Crippen molar-refractivity contribution in [2.75, 3.05) is 48.5 Å². The van der Waals surface area contributed by atoms with Gasteiger partial charge in [-0.1, -0.05) is 6.08 Å². The Kier molecular flexibility index (Phi) is 9.29. The number of nitrogens with one attached hydrogen (secondary N) is 1. The topological polar surface area (TPSA) is 55.3 Å². The molecule has 25 heavy (non-hydrogen) atoms. The van der Waals surface area contributed by atoms with Crippen molar-refractivity contribution in [1.82, 2.24) is 10.2 Å². The molecule has 140 valence electrons. The number of guanidine groups is 1. The van der Waals surface area contributed by atoms with Crippen LogP contribution in [-0.4, -0.2) is 59.4 Å². The summed E-state index contributed by atoms with van der Waals surface area (Å²) in [5, 5.41) is 3.38. The molecule has 0 radical (unpaired) electrons. The summed E-state index contributed by atoms with van der Waals surface area (Å²) in [6.07, 6.45) is 4.74. The SMILES string of the molecule is C=CCCCN(C)C(=NC)NCCc1c(OC)cc(OC)cc1OC. The summed E-state index contributed by atoms with van der Waals surface area (Å²) < 4.78 is 16.3. The normalized spacial score (nSPS) is 11.0. The van der Waals surface area contributed by atoms with Crippen molar-refractivity contribution >= 4 is 5.96 Å². The Morgan fingerprint density at radius 3 is 2.32 bits per heavy atom. The number of methoxy groups -OCH3 is 3. The molecule has 0 unspecified atom stereocenters. The fourth-order valence-corrected chi connectivity index (χ4v) is 2.59. The van der Waals surface area contributed by atoms with Crippen molar-refractivity contribution in [2.24, 2.45) is 4.99 Å². The Hall–Kier alpha value is -2.37. The second kappa shape index (κ2) is 11.2. The van der Waals surface area contributed by atoms with Crippen LogP contribution in [0.5, 0.6) is 17.2 Å². The van der Waals surface area contributed by atoms with Gasteiger partial charge in [0, 0.05) is 44.9 Å². The molecule has 0 aliphatic heterocycles. The van der Waals surface area contributed by atoms with Crippen LogP contribution < -0.4 is 19.5 Å². The Bertz CT molecular complexity index is 548. The molecule has 0 atom stereocenters. The van der Waals surface area contributed by atoms with Crippen LogP contribution in [-0.2, 0) is 6.42 Å². The number of rotatable bonds is 10. The number of aliphatic imine (C=N–C) groups is 1. The molecule has 6 nitrogen and oxygen atoms in total. The monoisotopic (exact) mass is 349 g/mol. The van der Waals surface area contributed by atoms with Crippen LogP contribution in [0.15, 0.2) is 29.8 Å². The minimum Gasteiger partial charge on any atom is -0.496 e. The van der Waals surface area contributed by atoms with Gasteiger partial charge in [-0.25, -0.2) is 0 Å². The van der Waals surface area contributed by atoms with Crippen LogP contribution in [0.4, 0.5) is 0 Å². The average Bonchev–Trinajstić information content (AvgIpc) is 2.64. The smallest absolute Gasteiger partial charge is 0.193 e. The van der Waals surface area contributed by atoms with E-state index in [1.165, 1.54) is 0 Å². The van der Waals surface area contributed by atoms with E-state index in [0.717, 1.165) is 55.4 Å². The van der Waals surface area contributed by atoms with E-state index in [1.54, 1.807) is 28.4 Å². The summed E-state index contributed by atoms with van der Waals surface area (Å²) in [6.45, 7) is 5.40. The van der Waals surface area contributed by atoms with Crippen LogP contribution >= 0.6 is 0 Å². The van der Waals surface area contributed by atoms with Crippen LogP contribution in [0.2, 0.25) is 0 Å². The minimum atomic E-state index is 0.711. The van der Waals surface area contributed by atoms with Gasteiger partial charge in [0.15, 0.2) is 5.96 Å². The number of allylic oxidation sites excluding steroid dienone is 1. The molecular formula is C19H31N3O3. The molecule has 0 heterocycles. The number of ether oxygens (including phenoxy) is 3. The van der Waals surface area contributed by atoms with Crippen LogP contribution in [0.1, 0.15) is 18.4 Å². The standard InChI is InChI=1S/C19H31N3O3/c1-7-8-9-12-22(3)19(20-2)21-11-10-16-17(24-5)13-15(23-4)14-18(16)25-6/h7,13-14H,1,8-12H2,2-6H3,(H,20,21). The molecule has 0 aliphatic rings. The van der Waals surface area contributed by atoms with E-state index < -0.39 is 0 Å². The lowest BCUT2D eigenvalue weighted by molar-refractivity contribution is 0.368. The first-order valence-corrected chi connectivity index (χ1v) is 8.42. The van der Waals surface area contributed by atoms with Crippen molar-refractivity contribution < 1.29 is 14.2 Å². The van der Waals surface area contributed by atoms with Crippen molar-refractivity contribution in [1.29, 1.82) is 0 Å². The van der Waals surface area contributed by atoms with E-state index in [4.69, 9.17) is 14.2 Å². The van der Waals surface area contributed by atoms with E-state index in [9.17, 15) is 0 Å². The molecule has 0 saturated heterocycles. The second-order valence-corrected chi connectivity index (χ2v) is 5.59. The third-order valence-corrected chi connectivity index (χ3v) is 3.95. The molecule has 0 fully saturated rings. The molecule has 6 heteroatoms. The lowest BCUT2D eigenvalue weighted by Crippen LogP contribution is -2.40. The molecule has 1 N–H and O–H groups in total. The van der Waals surface area contributed by atoms with Gasteiger partial charge in [-0.15, -0.1) is 6.58 Å². The maximum absolute atomic E-state index is 5.49. The number of unbranched alkanes of at least 4 members (excludes halogenated alkanes) is 1. The molecule has 0 bridgehead atoms. The Balaban J connectivity index is 2.72. The van der Waals surface area contributed by atoms with E-state index in [2.05, 4.69) is 21.8 Å². The Morgan fingerprint density at radius 2 is 1.84 bits per heavy atom. The maximum atomic E-state index is 5.49. The van der Waals surface area contributed by atoms with Crippen molar-refractivity contribution in [3.63, 3.8) is 0 Å². The highest BCUT2D eigenvalue weighted by Gasteiger charge is 2.13. The number of hydrogen-bond acceptors (Lipinski definition) is 4. The fraction of sp³-hybridized carbons (Fsp3) is 0.526. The summed E-state index contributed by atoms with van der Waals surface area (Å²) in [5.41, 5.74) is 1.00. The van der Waals surface area contributed by atoms with Crippen molar-refractivity contribution in [3.8, 4) is 17.2 Å². The van der Waals surface area contributed by atoms with Gasteiger partial charge in [-0.2, -0.15) is 0 Å². The van der Waals surface area contributed by atoms with Gasteiger partial charge in [-0.05, 0) is 19.3 Å². The lowest BCUT2D eigenvalue weighted by Gasteiger charge is -2.22. The zero-order valence-corrected chi connectivity index (χ0v) is 16.1. The number of hydrogen-bond donors (Lipinski definition) is 1. The largest absolute Gasteiger partial charge is 0.496 e. The summed E-state index contributed by atoms with van der Waals surface area (Å²) in [4.78, 5) is 6.45. The van der Waals surface area contributed by atoms with E-state index in [0.29, 0.717) is 5.75 Å². The Labute approximate surface area is 151 Å². The quantitative estimate of drug-likeness (QED) is 0.305. The van der Waals surface area contributed by atoms with Gasteiger partial charge in [-0.3, -0.25) is 4.99 Å². The van der Waals surface area contributed by atoms with Gasteiger partial charge >= 0.3 is 0 Å². The van der Waals surface area contributed by atoms with E-state index in [-0.39, 0.29) is 0 Å². The molecule has 0 amide bonds. The van der Waals surface area contributed by atoms with Gasteiger partial charge in [0.05, 0.1) is 21.3 Å². The molecule has 1 aromatic rings. The summed E-state index contributed by atoms with van der Waals surface area (Å²) >= 11 is 0. The number of benzene rings is 1. The maximum Gasteiger partial charge on any atom is 0.193 e. The zero-order chi connectivity index (χ0) is 18.7. The summed E-state index contributed by atoms with van der Waals surface area (Å²) in [5.74, 6) is 3.10. The number of nitrogens with zero attached hydrogens (tertiary/aromatic N) is 2. The highest BCUT2D eigenvalue weighted by molar-refractivity contribution is 5.79. The van der Waals surface area contributed by atoms with Gasteiger partial charge < -0.3 is 24.4 Å². The van der Waals surface area contributed by atoms with E-state index >= 15 is 0 Å². The zero-order valence-electron chi connectivity index (χ0n) is 16.1. The molecular weight excluding hydrogens is 318 g/mol. The van der Waals surface area contributed by atoms with Gasteiger partial charge in [0.1, 0.15) is 17.2 Å². The first kappa shape index (κ1) is 20.7. The molecule has 0 spiro atoms. The Morgan fingerprint density at radius 1 is 1.20 bits per heavy atom. The third-order valence-electron chi connectivity index (χ3n) is 3.95. The van der Waals surface area contributed by atoms with Crippen molar-refractivity contribution in [3.05, 3.63) is 30.4 Å². The first-order chi connectivity index (χ1) is 12.1. The summed E-state index contributed by atoms with van der Waals surface area (Å²) in [6, 6.07) is 3.74. The summed E-state index contributed by atoms with van der Waals surface area (Å²) in [7, 11) is 8.75. The van der Waals surface area contributed by atoms with E-state index in [1.807, 2.05) is 25.3 Å². The van der Waals surface area contributed by atoms with Gasteiger partial charge in [0.25, 0.3) is 0 Å². The highest BCUT2D eigenvalue weighted by Crippen LogP contribution is 2.34. The lowest BCUT2D eigenvalue weighted by atomic mass is 10.1. The highest BCUT2D eigenvalue weighted by atomic mass is 16.5. The average molecular weight is 349 g/mol. The van der Waals surface area contributed by atoms with Crippen LogP contribution in [0, 0.1) is 0 Å². The molecule has 1 aromatic carbocycles. The fourth-order valence-electron chi connectivity index (χ4n) is 2.59. The van der Waals surface area contributed by atoms with Crippen LogP contribution in [0.3, 0.4) is 0 Å². The second-order valence-electron chi connectivity index (χ2n) is 5.59. The first-order valence-electron chi connectivity index (χ1n) is 8.42. The third kappa shape index (κ3) is 6.21. The predicted octanol–water partition coefficient (Wildman–Crippen LogP) is 2.73. The van der Waals surface area contributed by atoms with Crippen LogP contribution in [0.25, 0.3) is 0 Å². The predicted molar refractivity (Wildman–Crippen MR) is 103 cm³/mol. The van der Waals surface area contributed by atoms with Crippen molar-refractivity contribution in [2.45, 2.75) is 19.3 Å². The molecule has 1 rings (SSSR count). The molecule has 0 saturated carbocycles. The van der Waals surface area contributed by atoms with Gasteiger partial charge in [0.2, 0.25) is 0 Å². The molecule has 0 aliphatic carbocycles. The molecule has 0 aromatic heterocycles. The minimum absolute atomic E-state index is 0.711.